The maximum atomic E-state index is 13.0. The van der Waals surface area contributed by atoms with Crippen molar-refractivity contribution in [3.8, 4) is 5.75 Å². The van der Waals surface area contributed by atoms with Gasteiger partial charge < -0.3 is 10.5 Å². The molecule has 1 unspecified atom stereocenters. The van der Waals surface area contributed by atoms with Gasteiger partial charge in [-0.3, -0.25) is 4.98 Å². The van der Waals surface area contributed by atoms with Crippen LogP contribution in [0.5, 0.6) is 5.75 Å². The molecule has 0 saturated heterocycles. The Labute approximate surface area is 118 Å². The summed E-state index contributed by atoms with van der Waals surface area (Å²) in [5, 5.41) is 0. The third-order valence-electron chi connectivity index (χ3n) is 3.23. The van der Waals surface area contributed by atoms with E-state index in [9.17, 15) is 4.39 Å². The van der Waals surface area contributed by atoms with Crippen LogP contribution in [0.4, 0.5) is 4.39 Å². The van der Waals surface area contributed by atoms with E-state index in [-0.39, 0.29) is 5.82 Å². The fourth-order valence-electron chi connectivity index (χ4n) is 1.96. The molecule has 0 bridgehead atoms. The van der Waals surface area contributed by atoms with Crippen molar-refractivity contribution < 1.29 is 9.13 Å². The average Bonchev–Trinajstić information content (AvgIpc) is 2.46. The number of nitrogens with zero attached hydrogens (tertiary/aromatic N) is 1. The molecule has 0 fully saturated rings. The summed E-state index contributed by atoms with van der Waals surface area (Å²) in [7, 11) is 0. The van der Waals surface area contributed by atoms with Crippen LogP contribution in [0.25, 0.3) is 0 Å². The number of rotatable bonds is 5. The van der Waals surface area contributed by atoms with E-state index in [1.165, 1.54) is 12.1 Å². The number of nitrogens with two attached hydrogens (primary N) is 1. The Hall–Kier alpha value is -1.94. The third-order valence-corrected chi connectivity index (χ3v) is 3.23. The molecule has 0 aliphatic carbocycles. The van der Waals surface area contributed by atoms with Crippen molar-refractivity contribution in [1.82, 2.24) is 4.98 Å². The first-order chi connectivity index (χ1) is 9.54. The van der Waals surface area contributed by atoms with E-state index >= 15 is 0 Å². The molecule has 2 N–H and O–H groups in total. The minimum atomic E-state index is -0.744. The SMILES string of the molecule is CCCOc1cncc(C(C)(N)c2ccc(F)cc2)c1. The molecule has 0 saturated carbocycles. The zero-order valence-corrected chi connectivity index (χ0v) is 11.8. The van der Waals surface area contributed by atoms with Crippen LogP contribution in [0.1, 0.15) is 31.4 Å². The van der Waals surface area contributed by atoms with Gasteiger partial charge in [-0.05, 0) is 42.7 Å². The number of ether oxygens (including phenoxy) is 1. The molecule has 20 heavy (non-hydrogen) atoms. The maximum Gasteiger partial charge on any atom is 0.137 e. The summed E-state index contributed by atoms with van der Waals surface area (Å²) in [5.74, 6) is 0.422. The molecule has 2 aromatic rings. The van der Waals surface area contributed by atoms with Crippen LogP contribution < -0.4 is 10.5 Å². The van der Waals surface area contributed by atoms with Crippen molar-refractivity contribution in [1.29, 1.82) is 0 Å². The number of benzene rings is 1. The Bertz CT molecular complexity index is 567. The lowest BCUT2D eigenvalue weighted by atomic mass is 9.86. The van der Waals surface area contributed by atoms with E-state index in [0.717, 1.165) is 17.5 Å². The van der Waals surface area contributed by atoms with E-state index in [1.807, 2.05) is 19.9 Å². The molecule has 0 radical (unpaired) electrons. The van der Waals surface area contributed by atoms with Gasteiger partial charge >= 0.3 is 0 Å². The van der Waals surface area contributed by atoms with Crippen LogP contribution in [0, 0.1) is 5.82 Å². The summed E-state index contributed by atoms with van der Waals surface area (Å²) in [5.41, 5.74) is 7.30. The Kier molecular flexibility index (Phi) is 4.35. The molecule has 0 amide bonds. The van der Waals surface area contributed by atoms with Crippen molar-refractivity contribution in [3.63, 3.8) is 0 Å². The Balaban J connectivity index is 2.30. The lowest BCUT2D eigenvalue weighted by Crippen LogP contribution is -2.34. The predicted octanol–water partition coefficient (Wildman–Crippen LogP) is 3.23. The van der Waals surface area contributed by atoms with E-state index in [1.54, 1.807) is 24.5 Å². The third kappa shape index (κ3) is 3.14. The summed E-state index contributed by atoms with van der Waals surface area (Å²) in [6.07, 6.45) is 4.31. The summed E-state index contributed by atoms with van der Waals surface area (Å²) < 4.78 is 18.6. The van der Waals surface area contributed by atoms with E-state index in [2.05, 4.69) is 4.98 Å². The first kappa shape index (κ1) is 14.5. The van der Waals surface area contributed by atoms with Crippen LogP contribution in [0.2, 0.25) is 0 Å². The van der Waals surface area contributed by atoms with Crippen LogP contribution >= 0.6 is 0 Å². The molecule has 1 atom stereocenters. The highest BCUT2D eigenvalue weighted by molar-refractivity contribution is 5.38. The minimum Gasteiger partial charge on any atom is -0.492 e. The number of halogens is 1. The molecule has 0 aliphatic rings. The van der Waals surface area contributed by atoms with Gasteiger partial charge in [-0.2, -0.15) is 0 Å². The molecule has 0 spiro atoms. The van der Waals surface area contributed by atoms with Crippen molar-refractivity contribution >= 4 is 0 Å². The van der Waals surface area contributed by atoms with Gasteiger partial charge in [0.15, 0.2) is 0 Å². The quantitative estimate of drug-likeness (QED) is 0.910. The second-order valence-electron chi connectivity index (χ2n) is 4.97. The van der Waals surface area contributed by atoms with Gasteiger partial charge in [-0.25, -0.2) is 4.39 Å². The largest absolute Gasteiger partial charge is 0.492 e. The van der Waals surface area contributed by atoms with Gasteiger partial charge in [-0.1, -0.05) is 19.1 Å². The van der Waals surface area contributed by atoms with E-state index < -0.39 is 5.54 Å². The highest BCUT2D eigenvalue weighted by Gasteiger charge is 2.24. The van der Waals surface area contributed by atoms with Crippen molar-refractivity contribution in [2.45, 2.75) is 25.8 Å². The molecule has 4 heteroatoms. The molecule has 1 aromatic carbocycles. The zero-order chi connectivity index (χ0) is 14.6. The predicted molar refractivity (Wildman–Crippen MR) is 77.1 cm³/mol. The van der Waals surface area contributed by atoms with Crippen molar-refractivity contribution in [2.75, 3.05) is 6.61 Å². The molecule has 2 rings (SSSR count). The fraction of sp³-hybridized carbons (Fsp3) is 0.312. The number of pyridine rings is 1. The summed E-state index contributed by atoms with van der Waals surface area (Å²) in [6.45, 7) is 4.56. The second kappa shape index (κ2) is 6.01. The molecule has 3 nitrogen and oxygen atoms in total. The number of hydrogen-bond donors (Lipinski definition) is 1. The second-order valence-corrected chi connectivity index (χ2v) is 4.97. The Morgan fingerprint density at radius 1 is 1.20 bits per heavy atom. The van der Waals surface area contributed by atoms with Gasteiger partial charge in [0, 0.05) is 6.20 Å². The van der Waals surface area contributed by atoms with Gasteiger partial charge in [0.25, 0.3) is 0 Å². The zero-order valence-electron chi connectivity index (χ0n) is 11.8. The molecule has 1 aromatic heterocycles. The fourth-order valence-corrected chi connectivity index (χ4v) is 1.96. The van der Waals surface area contributed by atoms with E-state index in [0.29, 0.717) is 12.4 Å². The number of hydrogen-bond acceptors (Lipinski definition) is 3. The average molecular weight is 274 g/mol. The summed E-state index contributed by atoms with van der Waals surface area (Å²) in [6, 6.07) is 8.08. The number of aromatic nitrogens is 1. The Morgan fingerprint density at radius 2 is 1.90 bits per heavy atom. The van der Waals surface area contributed by atoms with Crippen molar-refractivity contribution in [2.24, 2.45) is 5.73 Å². The molecule has 106 valence electrons. The van der Waals surface area contributed by atoms with Crippen LogP contribution in [0.3, 0.4) is 0 Å². The molecular formula is C16H19FN2O. The lowest BCUT2D eigenvalue weighted by molar-refractivity contribution is 0.315. The lowest BCUT2D eigenvalue weighted by Gasteiger charge is -2.26. The minimum absolute atomic E-state index is 0.275. The molecular weight excluding hydrogens is 255 g/mol. The van der Waals surface area contributed by atoms with Gasteiger partial charge in [0.05, 0.1) is 18.3 Å². The normalized spacial score (nSPS) is 13.8. The molecule has 0 aliphatic heterocycles. The Morgan fingerprint density at radius 3 is 2.55 bits per heavy atom. The van der Waals surface area contributed by atoms with Gasteiger partial charge in [0.2, 0.25) is 0 Å². The van der Waals surface area contributed by atoms with Crippen LogP contribution in [-0.2, 0) is 5.54 Å². The first-order valence-electron chi connectivity index (χ1n) is 6.67. The highest BCUT2D eigenvalue weighted by atomic mass is 19.1. The van der Waals surface area contributed by atoms with E-state index in [4.69, 9.17) is 10.5 Å². The van der Waals surface area contributed by atoms with Crippen LogP contribution in [-0.4, -0.2) is 11.6 Å². The van der Waals surface area contributed by atoms with Gasteiger partial charge in [-0.15, -0.1) is 0 Å². The van der Waals surface area contributed by atoms with Crippen LogP contribution in [0.15, 0.2) is 42.7 Å². The standard InChI is InChI=1S/C16H19FN2O/c1-3-8-20-15-9-13(10-19-11-15)16(2,18)12-4-6-14(17)7-5-12/h4-7,9-11H,3,8,18H2,1-2H3. The molecule has 1 heterocycles. The van der Waals surface area contributed by atoms with Gasteiger partial charge in [0.1, 0.15) is 11.6 Å². The summed E-state index contributed by atoms with van der Waals surface area (Å²) in [4.78, 5) is 4.17. The highest BCUT2D eigenvalue weighted by Crippen LogP contribution is 2.28. The topological polar surface area (TPSA) is 48.1 Å². The first-order valence-corrected chi connectivity index (χ1v) is 6.67. The monoisotopic (exact) mass is 274 g/mol. The van der Waals surface area contributed by atoms with Crippen molar-refractivity contribution in [3.05, 3.63) is 59.7 Å². The smallest absolute Gasteiger partial charge is 0.137 e. The summed E-state index contributed by atoms with van der Waals surface area (Å²) >= 11 is 0. The maximum absolute atomic E-state index is 13.0.